The van der Waals surface area contributed by atoms with Gasteiger partial charge in [-0.25, -0.2) is 4.79 Å². The normalized spacial score (nSPS) is 15.4. The molecule has 0 bridgehead atoms. The number of anilines is 1. The first-order chi connectivity index (χ1) is 14.4. The Labute approximate surface area is 186 Å². The Kier molecular flexibility index (Phi) is 7.78. The molecule has 3 rings (SSSR count). The lowest BCUT2D eigenvalue weighted by atomic mass is 9.88. The number of carbonyl (C=O) groups excluding carboxylic acids is 2. The van der Waals surface area contributed by atoms with Gasteiger partial charge < -0.3 is 14.8 Å². The third-order valence-electron chi connectivity index (χ3n) is 5.19. The molecule has 0 radical (unpaired) electrons. The van der Waals surface area contributed by atoms with Crippen molar-refractivity contribution in [3.05, 3.63) is 44.8 Å². The van der Waals surface area contributed by atoms with Crippen molar-refractivity contribution in [1.29, 1.82) is 0 Å². The van der Waals surface area contributed by atoms with Crippen molar-refractivity contribution >= 4 is 39.8 Å². The molecule has 0 spiro atoms. The maximum absolute atomic E-state index is 12.5. The van der Waals surface area contributed by atoms with Crippen LogP contribution < -0.4 is 10.1 Å². The molecule has 0 saturated heterocycles. The summed E-state index contributed by atoms with van der Waals surface area (Å²) in [4.78, 5) is 26.2. The molecule has 1 aromatic heterocycles. The van der Waals surface area contributed by atoms with E-state index in [4.69, 9.17) is 21.1 Å². The minimum Gasteiger partial charge on any atom is -0.494 e. The highest BCUT2D eigenvalue weighted by Crippen LogP contribution is 2.40. The second-order valence-electron chi connectivity index (χ2n) is 7.69. The molecule has 1 heterocycles. The molecule has 7 heteroatoms. The van der Waals surface area contributed by atoms with Crippen molar-refractivity contribution in [3.8, 4) is 5.75 Å². The number of fused-ring (bicyclic) bond motifs is 1. The molecule has 1 unspecified atom stereocenters. The summed E-state index contributed by atoms with van der Waals surface area (Å²) in [6.07, 6.45) is 3.73. The summed E-state index contributed by atoms with van der Waals surface area (Å²) >= 11 is 7.53. The predicted octanol–water partition coefficient (Wildman–Crippen LogP) is 5.81. The van der Waals surface area contributed by atoms with Gasteiger partial charge in [-0.2, -0.15) is 0 Å². The molecule has 162 valence electrons. The highest BCUT2D eigenvalue weighted by Gasteiger charge is 2.29. The van der Waals surface area contributed by atoms with Gasteiger partial charge in [0, 0.05) is 16.3 Å². The lowest BCUT2D eigenvalue weighted by Crippen LogP contribution is -2.17. The lowest BCUT2D eigenvalue weighted by Gasteiger charge is -2.18. The largest absolute Gasteiger partial charge is 0.494 e. The Balaban J connectivity index is 1.59. The zero-order chi connectivity index (χ0) is 21.7. The van der Waals surface area contributed by atoms with Crippen LogP contribution in [0.3, 0.4) is 0 Å². The van der Waals surface area contributed by atoms with Crippen molar-refractivity contribution < 1.29 is 19.1 Å². The first kappa shape index (κ1) is 22.6. The topological polar surface area (TPSA) is 64.6 Å². The number of rotatable bonds is 8. The van der Waals surface area contributed by atoms with E-state index < -0.39 is 0 Å². The number of amides is 1. The van der Waals surface area contributed by atoms with Gasteiger partial charge in [0.05, 0.1) is 18.8 Å². The second kappa shape index (κ2) is 10.3. The summed E-state index contributed by atoms with van der Waals surface area (Å²) in [5.41, 5.74) is 2.55. The average Bonchev–Trinajstić information content (AvgIpc) is 3.04. The maximum atomic E-state index is 12.5. The minimum atomic E-state index is -0.346. The van der Waals surface area contributed by atoms with Crippen LogP contribution in [-0.4, -0.2) is 25.1 Å². The summed E-state index contributed by atoms with van der Waals surface area (Å²) in [5.74, 6) is 0.856. The number of benzene rings is 1. The van der Waals surface area contributed by atoms with Gasteiger partial charge in [-0.3, -0.25) is 4.79 Å². The lowest BCUT2D eigenvalue weighted by molar-refractivity contribution is -0.116. The van der Waals surface area contributed by atoms with E-state index in [1.807, 2.05) is 19.1 Å². The van der Waals surface area contributed by atoms with E-state index in [1.165, 1.54) is 16.2 Å². The number of hydrogen-bond acceptors (Lipinski definition) is 5. The number of carbonyl (C=O) groups is 2. The van der Waals surface area contributed by atoms with E-state index >= 15 is 0 Å². The van der Waals surface area contributed by atoms with Crippen LogP contribution in [0.15, 0.2) is 18.2 Å². The van der Waals surface area contributed by atoms with Gasteiger partial charge >= 0.3 is 5.97 Å². The van der Waals surface area contributed by atoms with Gasteiger partial charge in [-0.15, -0.1) is 11.3 Å². The van der Waals surface area contributed by atoms with E-state index in [1.54, 1.807) is 13.0 Å². The molecule has 1 atom stereocenters. The summed E-state index contributed by atoms with van der Waals surface area (Å²) in [6, 6.07) is 5.50. The summed E-state index contributed by atoms with van der Waals surface area (Å²) in [6.45, 7) is 6.67. The third-order valence-corrected chi connectivity index (χ3v) is 6.78. The first-order valence-corrected chi connectivity index (χ1v) is 11.6. The number of esters is 1. The molecule has 1 aliphatic carbocycles. The number of ether oxygens (including phenoxy) is 2. The molecular formula is C23H28ClNO4S. The zero-order valence-corrected chi connectivity index (χ0v) is 19.3. The summed E-state index contributed by atoms with van der Waals surface area (Å²) in [5, 5.41) is 4.26. The van der Waals surface area contributed by atoms with Crippen molar-refractivity contribution in [2.45, 2.75) is 52.9 Å². The molecule has 0 saturated carbocycles. The standard InChI is InChI=1S/C23H28ClNO4S/c1-4-28-23(27)21-17-9-7-14(2)12-19(17)30-22(21)25-20(26)6-5-11-29-16-8-10-18(24)15(3)13-16/h8,10,13-14H,4-7,9,11-12H2,1-3H3,(H,25,26). The Hall–Kier alpha value is -2.05. The quantitative estimate of drug-likeness (QED) is 0.408. The van der Waals surface area contributed by atoms with Crippen molar-refractivity contribution in [3.63, 3.8) is 0 Å². The van der Waals surface area contributed by atoms with Crippen LogP contribution in [0.5, 0.6) is 5.75 Å². The molecule has 1 aliphatic rings. The Bertz CT molecular complexity index is 924. The molecule has 5 nitrogen and oxygen atoms in total. The average molecular weight is 450 g/mol. The van der Waals surface area contributed by atoms with Crippen LogP contribution in [0.1, 0.15) is 59.5 Å². The highest BCUT2D eigenvalue weighted by atomic mass is 35.5. The number of nitrogens with one attached hydrogen (secondary N) is 1. The second-order valence-corrected chi connectivity index (χ2v) is 9.20. The molecule has 0 aliphatic heterocycles. The van der Waals surface area contributed by atoms with Crippen molar-refractivity contribution in [2.75, 3.05) is 18.5 Å². The van der Waals surface area contributed by atoms with Gasteiger partial charge in [0.25, 0.3) is 0 Å². The van der Waals surface area contributed by atoms with Gasteiger partial charge in [-0.05, 0) is 74.8 Å². The molecule has 1 N–H and O–H groups in total. The minimum absolute atomic E-state index is 0.122. The molecule has 2 aromatic rings. The number of hydrogen-bond donors (Lipinski definition) is 1. The monoisotopic (exact) mass is 449 g/mol. The van der Waals surface area contributed by atoms with Crippen LogP contribution in [0.4, 0.5) is 5.00 Å². The molecule has 30 heavy (non-hydrogen) atoms. The Morgan fingerprint density at radius 1 is 1.33 bits per heavy atom. The van der Waals surface area contributed by atoms with Crippen molar-refractivity contribution in [1.82, 2.24) is 0 Å². The van der Waals surface area contributed by atoms with Crippen LogP contribution >= 0.6 is 22.9 Å². The van der Waals surface area contributed by atoms with Gasteiger partial charge in [0.2, 0.25) is 5.91 Å². The fourth-order valence-corrected chi connectivity index (χ4v) is 5.11. The van der Waals surface area contributed by atoms with Gasteiger partial charge in [0.15, 0.2) is 0 Å². The SMILES string of the molecule is CCOC(=O)c1c(NC(=O)CCCOc2ccc(Cl)c(C)c2)sc2c1CCC(C)C2. The van der Waals surface area contributed by atoms with E-state index in [-0.39, 0.29) is 11.9 Å². The van der Waals surface area contributed by atoms with Crippen LogP contribution in [0.25, 0.3) is 0 Å². The first-order valence-electron chi connectivity index (χ1n) is 10.4. The number of halogens is 1. The van der Waals surface area contributed by atoms with Gasteiger partial charge in [-0.1, -0.05) is 18.5 Å². The summed E-state index contributed by atoms with van der Waals surface area (Å²) < 4.78 is 11.0. The molecule has 1 amide bonds. The Morgan fingerprint density at radius 2 is 2.13 bits per heavy atom. The van der Waals surface area contributed by atoms with E-state index in [0.29, 0.717) is 47.6 Å². The zero-order valence-electron chi connectivity index (χ0n) is 17.7. The fraction of sp³-hybridized carbons (Fsp3) is 0.478. The fourth-order valence-electron chi connectivity index (χ4n) is 3.58. The van der Waals surface area contributed by atoms with Crippen molar-refractivity contribution in [2.24, 2.45) is 5.92 Å². The Morgan fingerprint density at radius 3 is 2.87 bits per heavy atom. The van der Waals surface area contributed by atoms with E-state index in [2.05, 4.69) is 12.2 Å². The van der Waals surface area contributed by atoms with E-state index in [9.17, 15) is 9.59 Å². The third kappa shape index (κ3) is 5.55. The van der Waals surface area contributed by atoms with Gasteiger partial charge in [0.1, 0.15) is 10.8 Å². The molecule has 0 fully saturated rings. The van der Waals surface area contributed by atoms with Crippen LogP contribution in [-0.2, 0) is 22.4 Å². The van der Waals surface area contributed by atoms with E-state index in [0.717, 1.165) is 36.1 Å². The molecular weight excluding hydrogens is 422 g/mol. The smallest absolute Gasteiger partial charge is 0.341 e. The maximum Gasteiger partial charge on any atom is 0.341 e. The van der Waals surface area contributed by atoms with Crippen LogP contribution in [0, 0.1) is 12.8 Å². The summed E-state index contributed by atoms with van der Waals surface area (Å²) in [7, 11) is 0. The highest BCUT2D eigenvalue weighted by molar-refractivity contribution is 7.17. The molecule has 1 aromatic carbocycles. The predicted molar refractivity (Wildman–Crippen MR) is 121 cm³/mol. The number of aryl methyl sites for hydroxylation is 1. The van der Waals surface area contributed by atoms with Crippen LogP contribution in [0.2, 0.25) is 5.02 Å². The number of thiophene rings is 1.